The Morgan fingerprint density at radius 3 is 2.41 bits per heavy atom. The summed E-state index contributed by atoms with van der Waals surface area (Å²) in [6, 6.07) is 13.5. The smallest absolute Gasteiger partial charge is 0.343 e. The number of rotatable bonds is 5. The monoisotopic (exact) mass is 415 g/mol. The zero-order chi connectivity index (χ0) is 21.0. The molecule has 7 nitrogen and oxygen atoms in total. The van der Waals surface area contributed by atoms with Crippen LogP contribution in [0.3, 0.4) is 0 Å². The van der Waals surface area contributed by atoms with Gasteiger partial charge in [0, 0.05) is 5.56 Å². The van der Waals surface area contributed by atoms with E-state index in [9.17, 15) is 18.8 Å². The lowest BCUT2D eigenvalue weighted by Crippen LogP contribution is -2.34. The molecule has 0 fully saturated rings. The van der Waals surface area contributed by atoms with Gasteiger partial charge in [0.05, 0.1) is 11.4 Å². The molecule has 29 heavy (non-hydrogen) atoms. The Morgan fingerprint density at radius 2 is 1.76 bits per heavy atom. The van der Waals surface area contributed by atoms with Crippen molar-refractivity contribution in [2.75, 3.05) is 6.61 Å². The number of benzene rings is 2. The third-order valence-corrected chi connectivity index (χ3v) is 4.25. The number of halogens is 2. The number of carbonyl (C=O) groups excluding carboxylic acids is 3. The van der Waals surface area contributed by atoms with Crippen LogP contribution >= 0.6 is 11.6 Å². The minimum atomic E-state index is -0.872. The van der Waals surface area contributed by atoms with Crippen LogP contribution < -0.4 is 5.32 Å². The highest BCUT2D eigenvalue weighted by molar-refractivity contribution is 6.33. The van der Waals surface area contributed by atoms with Crippen LogP contribution in [0.5, 0.6) is 0 Å². The first-order valence-electron chi connectivity index (χ1n) is 8.44. The number of aryl methyl sites for hydroxylation is 1. The molecule has 2 amide bonds. The first-order valence-corrected chi connectivity index (χ1v) is 8.82. The second-order valence-electron chi connectivity index (χ2n) is 5.96. The van der Waals surface area contributed by atoms with Crippen molar-refractivity contribution in [3.63, 3.8) is 0 Å². The summed E-state index contributed by atoms with van der Waals surface area (Å²) in [7, 11) is 0. The molecule has 0 aliphatic carbocycles. The molecule has 148 valence electrons. The number of imide groups is 1. The number of aromatic nitrogens is 2. The molecule has 0 aliphatic heterocycles. The number of nitrogens with zero attached hydrogens (tertiary/aromatic N) is 2. The van der Waals surface area contributed by atoms with E-state index < -0.39 is 30.2 Å². The van der Waals surface area contributed by atoms with Crippen LogP contribution in [0.1, 0.15) is 26.4 Å². The van der Waals surface area contributed by atoms with Gasteiger partial charge in [0.1, 0.15) is 16.5 Å². The van der Waals surface area contributed by atoms with Crippen molar-refractivity contribution >= 4 is 29.4 Å². The largest absolute Gasteiger partial charge is 0.452 e. The van der Waals surface area contributed by atoms with Crippen LogP contribution in [-0.4, -0.2) is 34.2 Å². The minimum absolute atomic E-state index is 0.0295. The Labute approximate surface area is 170 Å². The number of hydrogen-bond acceptors (Lipinski definition) is 5. The fourth-order valence-corrected chi connectivity index (χ4v) is 2.86. The van der Waals surface area contributed by atoms with Gasteiger partial charge in [0.2, 0.25) is 0 Å². The Morgan fingerprint density at radius 1 is 1.10 bits per heavy atom. The summed E-state index contributed by atoms with van der Waals surface area (Å²) in [5, 5.41) is 6.24. The standard InChI is InChI=1S/C20H15ClFN3O4/c1-12-17(18(21)25(24-12)15-9-7-14(22)8-10-15)20(28)29-11-16(26)23-19(27)13-5-3-2-4-6-13/h2-10H,11H2,1H3,(H,23,26,27). The predicted octanol–water partition coefficient (Wildman–Crippen LogP) is 3.09. The molecular formula is C20H15ClFN3O4. The van der Waals surface area contributed by atoms with Crippen LogP contribution in [0.25, 0.3) is 5.69 Å². The lowest BCUT2D eigenvalue weighted by atomic mass is 10.2. The van der Waals surface area contributed by atoms with Crippen molar-refractivity contribution in [1.82, 2.24) is 15.1 Å². The number of esters is 1. The van der Waals surface area contributed by atoms with Crippen molar-refractivity contribution in [2.24, 2.45) is 0 Å². The summed E-state index contributed by atoms with van der Waals surface area (Å²) >= 11 is 6.23. The fraction of sp³-hybridized carbons (Fsp3) is 0.100. The average Bonchev–Trinajstić information content (AvgIpc) is 3.01. The Balaban J connectivity index is 1.66. The quantitative estimate of drug-likeness (QED) is 0.647. The van der Waals surface area contributed by atoms with Crippen LogP contribution in [0.4, 0.5) is 4.39 Å². The van der Waals surface area contributed by atoms with Gasteiger partial charge in [-0.3, -0.25) is 14.9 Å². The molecule has 0 aliphatic rings. The summed E-state index contributed by atoms with van der Waals surface area (Å²) in [6.45, 7) is 0.871. The molecule has 0 radical (unpaired) electrons. The molecular weight excluding hydrogens is 401 g/mol. The predicted molar refractivity (Wildman–Crippen MR) is 102 cm³/mol. The second kappa shape index (κ2) is 8.66. The lowest BCUT2D eigenvalue weighted by Gasteiger charge is -2.06. The number of ether oxygens (including phenoxy) is 1. The maximum absolute atomic E-state index is 13.1. The highest BCUT2D eigenvalue weighted by Gasteiger charge is 2.23. The molecule has 1 heterocycles. The van der Waals surface area contributed by atoms with Gasteiger partial charge < -0.3 is 4.74 Å². The van der Waals surface area contributed by atoms with Gasteiger partial charge in [0.15, 0.2) is 6.61 Å². The molecule has 2 aromatic carbocycles. The van der Waals surface area contributed by atoms with E-state index >= 15 is 0 Å². The van der Waals surface area contributed by atoms with Crippen molar-refractivity contribution in [1.29, 1.82) is 0 Å². The van der Waals surface area contributed by atoms with Gasteiger partial charge in [0.25, 0.3) is 11.8 Å². The number of amides is 2. The van der Waals surface area contributed by atoms with Crippen molar-refractivity contribution in [3.8, 4) is 5.69 Å². The van der Waals surface area contributed by atoms with Gasteiger partial charge in [-0.15, -0.1) is 0 Å². The lowest BCUT2D eigenvalue weighted by molar-refractivity contribution is -0.123. The average molecular weight is 416 g/mol. The van der Waals surface area contributed by atoms with E-state index in [4.69, 9.17) is 16.3 Å². The maximum atomic E-state index is 13.1. The van der Waals surface area contributed by atoms with E-state index in [-0.39, 0.29) is 16.4 Å². The fourth-order valence-electron chi connectivity index (χ4n) is 2.51. The van der Waals surface area contributed by atoms with Crippen LogP contribution in [0.2, 0.25) is 5.15 Å². The van der Waals surface area contributed by atoms with Gasteiger partial charge >= 0.3 is 5.97 Å². The van der Waals surface area contributed by atoms with E-state index in [1.165, 1.54) is 28.9 Å². The third-order valence-electron chi connectivity index (χ3n) is 3.90. The topological polar surface area (TPSA) is 90.3 Å². The molecule has 0 spiro atoms. The Bertz CT molecular complexity index is 1070. The molecule has 0 atom stereocenters. The summed E-state index contributed by atoms with van der Waals surface area (Å²) in [4.78, 5) is 36.2. The number of hydrogen-bond donors (Lipinski definition) is 1. The molecule has 0 unspecified atom stereocenters. The first-order chi connectivity index (χ1) is 13.9. The van der Waals surface area contributed by atoms with E-state index in [0.29, 0.717) is 11.3 Å². The van der Waals surface area contributed by atoms with Gasteiger partial charge in [-0.2, -0.15) is 5.10 Å². The first kappa shape index (κ1) is 20.2. The zero-order valence-corrected chi connectivity index (χ0v) is 15.9. The Kier molecular flexibility index (Phi) is 6.04. The highest BCUT2D eigenvalue weighted by Crippen LogP contribution is 2.24. The zero-order valence-electron chi connectivity index (χ0n) is 15.2. The maximum Gasteiger partial charge on any atom is 0.343 e. The van der Waals surface area contributed by atoms with Gasteiger partial charge in [-0.25, -0.2) is 13.9 Å². The summed E-state index contributed by atoms with van der Waals surface area (Å²) in [5.41, 5.74) is 0.986. The van der Waals surface area contributed by atoms with E-state index in [1.54, 1.807) is 37.3 Å². The summed E-state index contributed by atoms with van der Waals surface area (Å²) in [5.74, 6) is -2.69. The molecule has 0 bridgehead atoms. The van der Waals surface area contributed by atoms with E-state index in [2.05, 4.69) is 10.4 Å². The molecule has 1 N–H and O–H groups in total. The van der Waals surface area contributed by atoms with Crippen LogP contribution in [-0.2, 0) is 9.53 Å². The normalized spacial score (nSPS) is 10.4. The third kappa shape index (κ3) is 4.67. The highest BCUT2D eigenvalue weighted by atomic mass is 35.5. The molecule has 0 saturated carbocycles. The summed E-state index contributed by atoms with van der Waals surface area (Å²) < 4.78 is 19.3. The Hall–Kier alpha value is -3.52. The number of carbonyl (C=O) groups is 3. The minimum Gasteiger partial charge on any atom is -0.452 e. The molecule has 3 aromatic rings. The second-order valence-corrected chi connectivity index (χ2v) is 6.32. The van der Waals surface area contributed by atoms with Crippen molar-refractivity contribution in [3.05, 3.63) is 82.4 Å². The SMILES string of the molecule is Cc1nn(-c2ccc(F)cc2)c(Cl)c1C(=O)OCC(=O)NC(=O)c1ccccc1. The summed E-state index contributed by atoms with van der Waals surface area (Å²) in [6.07, 6.45) is 0. The molecule has 9 heteroatoms. The molecule has 3 rings (SSSR count). The molecule has 1 aromatic heterocycles. The number of nitrogens with one attached hydrogen (secondary N) is 1. The van der Waals surface area contributed by atoms with E-state index in [1.807, 2.05) is 0 Å². The van der Waals surface area contributed by atoms with Gasteiger partial charge in [-0.1, -0.05) is 29.8 Å². The molecule has 0 saturated heterocycles. The van der Waals surface area contributed by atoms with Crippen LogP contribution in [0.15, 0.2) is 54.6 Å². The van der Waals surface area contributed by atoms with Crippen molar-refractivity contribution in [2.45, 2.75) is 6.92 Å². The van der Waals surface area contributed by atoms with Crippen LogP contribution in [0, 0.1) is 12.7 Å². The van der Waals surface area contributed by atoms with Crippen molar-refractivity contribution < 1.29 is 23.5 Å². The van der Waals surface area contributed by atoms with E-state index in [0.717, 1.165) is 0 Å². The van der Waals surface area contributed by atoms with Gasteiger partial charge in [-0.05, 0) is 43.3 Å².